The molecule has 24 heavy (non-hydrogen) atoms. The summed E-state index contributed by atoms with van der Waals surface area (Å²) in [4.78, 5) is 28.2. The molecule has 2 amide bonds. The molecule has 1 aliphatic rings. The highest BCUT2D eigenvalue weighted by Crippen LogP contribution is 2.17. The van der Waals surface area contributed by atoms with Crippen LogP contribution in [0.4, 0.5) is 9.18 Å². The standard InChI is InChI=1S/C17H16FN3O3/c18-15-14(8-4-9-19-15)16(22)20-10-5-11-21(20)17(23)24-12-13-6-2-1-3-7-13/h1-4,6-9H,5,10-12H2. The van der Waals surface area contributed by atoms with Gasteiger partial charge < -0.3 is 4.74 Å². The molecule has 3 rings (SSSR count). The minimum Gasteiger partial charge on any atom is -0.443 e. The highest BCUT2D eigenvalue weighted by molar-refractivity contribution is 5.95. The van der Waals surface area contributed by atoms with Crippen molar-refractivity contribution in [2.24, 2.45) is 0 Å². The number of ether oxygens (including phenoxy) is 1. The van der Waals surface area contributed by atoms with Gasteiger partial charge in [0.1, 0.15) is 6.61 Å². The monoisotopic (exact) mass is 329 g/mol. The Kier molecular flexibility index (Phi) is 4.69. The van der Waals surface area contributed by atoms with Gasteiger partial charge in [-0.1, -0.05) is 30.3 Å². The SMILES string of the molecule is O=C(OCc1ccccc1)N1CCCN1C(=O)c1cccnc1F. The van der Waals surface area contributed by atoms with Crippen LogP contribution in [0.25, 0.3) is 0 Å². The normalized spacial score (nSPS) is 13.9. The van der Waals surface area contributed by atoms with E-state index in [0.717, 1.165) is 5.56 Å². The van der Waals surface area contributed by atoms with E-state index < -0.39 is 17.9 Å². The molecule has 0 bridgehead atoms. The Morgan fingerprint density at radius 2 is 1.83 bits per heavy atom. The number of hydrogen-bond acceptors (Lipinski definition) is 4. The van der Waals surface area contributed by atoms with Crippen LogP contribution >= 0.6 is 0 Å². The predicted molar refractivity (Wildman–Crippen MR) is 83.2 cm³/mol. The summed E-state index contributed by atoms with van der Waals surface area (Å²) in [6.45, 7) is 0.786. The predicted octanol–water partition coefficient (Wildman–Crippen LogP) is 2.62. The van der Waals surface area contributed by atoms with Crippen LogP contribution in [0, 0.1) is 5.95 Å². The molecular weight excluding hydrogens is 313 g/mol. The number of carbonyl (C=O) groups is 2. The molecule has 1 fully saturated rings. The van der Waals surface area contributed by atoms with Crippen LogP contribution < -0.4 is 0 Å². The van der Waals surface area contributed by atoms with Crippen LogP contribution in [-0.4, -0.2) is 40.1 Å². The number of rotatable bonds is 3. The van der Waals surface area contributed by atoms with Gasteiger partial charge in [-0.3, -0.25) is 4.79 Å². The average molecular weight is 329 g/mol. The Balaban J connectivity index is 1.67. The molecule has 0 N–H and O–H groups in total. The van der Waals surface area contributed by atoms with Gasteiger partial charge in [0.05, 0.1) is 5.56 Å². The number of amides is 2. The van der Waals surface area contributed by atoms with Crippen LogP contribution in [0.5, 0.6) is 0 Å². The molecule has 7 heteroatoms. The van der Waals surface area contributed by atoms with Gasteiger partial charge in [-0.2, -0.15) is 4.39 Å². The summed E-state index contributed by atoms with van der Waals surface area (Å²) >= 11 is 0. The second-order valence-corrected chi connectivity index (χ2v) is 5.29. The first kappa shape index (κ1) is 15.9. The van der Waals surface area contributed by atoms with Gasteiger partial charge in [-0.15, -0.1) is 0 Å². The van der Waals surface area contributed by atoms with Gasteiger partial charge in [0, 0.05) is 19.3 Å². The molecule has 0 spiro atoms. The molecule has 2 heterocycles. The summed E-state index contributed by atoms with van der Waals surface area (Å²) in [6, 6.07) is 12.1. The molecular formula is C17H16FN3O3. The quantitative estimate of drug-likeness (QED) is 0.812. The van der Waals surface area contributed by atoms with Crippen molar-refractivity contribution in [1.29, 1.82) is 0 Å². The number of benzene rings is 1. The zero-order valence-electron chi connectivity index (χ0n) is 12.9. The van der Waals surface area contributed by atoms with Gasteiger partial charge in [-0.05, 0) is 24.1 Å². The lowest BCUT2D eigenvalue weighted by atomic mass is 10.2. The third-order valence-corrected chi connectivity index (χ3v) is 3.67. The van der Waals surface area contributed by atoms with Crippen LogP contribution in [0.15, 0.2) is 48.7 Å². The Morgan fingerprint density at radius 1 is 1.08 bits per heavy atom. The van der Waals surface area contributed by atoms with Crippen molar-refractivity contribution in [2.45, 2.75) is 13.0 Å². The highest BCUT2D eigenvalue weighted by Gasteiger charge is 2.33. The van der Waals surface area contributed by atoms with Gasteiger partial charge in [-0.25, -0.2) is 19.8 Å². The molecule has 1 aromatic heterocycles. The number of nitrogens with zero attached hydrogens (tertiary/aromatic N) is 3. The Hall–Kier alpha value is -2.96. The van der Waals surface area contributed by atoms with E-state index in [4.69, 9.17) is 4.74 Å². The second kappa shape index (κ2) is 7.08. The van der Waals surface area contributed by atoms with E-state index in [-0.39, 0.29) is 12.2 Å². The van der Waals surface area contributed by atoms with E-state index in [1.807, 2.05) is 30.3 Å². The highest BCUT2D eigenvalue weighted by atomic mass is 19.1. The molecule has 0 atom stereocenters. The number of pyridine rings is 1. The molecule has 0 unspecified atom stereocenters. The maximum Gasteiger partial charge on any atom is 0.429 e. The summed E-state index contributed by atoms with van der Waals surface area (Å²) in [5, 5.41) is 2.41. The van der Waals surface area contributed by atoms with Crippen LogP contribution in [0.2, 0.25) is 0 Å². The van der Waals surface area contributed by atoms with Crippen molar-refractivity contribution < 1.29 is 18.7 Å². The maximum atomic E-state index is 13.7. The first-order valence-corrected chi connectivity index (χ1v) is 7.57. The fourth-order valence-corrected chi connectivity index (χ4v) is 2.49. The minimum atomic E-state index is -0.855. The summed E-state index contributed by atoms with van der Waals surface area (Å²) in [7, 11) is 0. The molecule has 1 saturated heterocycles. The van der Waals surface area contributed by atoms with Crippen molar-refractivity contribution in [3.05, 3.63) is 65.7 Å². The fraction of sp³-hybridized carbons (Fsp3) is 0.235. The van der Waals surface area contributed by atoms with E-state index in [9.17, 15) is 14.0 Å². The number of aromatic nitrogens is 1. The van der Waals surface area contributed by atoms with Crippen LogP contribution in [0.1, 0.15) is 22.3 Å². The lowest BCUT2D eigenvalue weighted by Crippen LogP contribution is -2.45. The van der Waals surface area contributed by atoms with Crippen LogP contribution in [0.3, 0.4) is 0 Å². The minimum absolute atomic E-state index is 0.111. The lowest BCUT2D eigenvalue weighted by molar-refractivity contribution is 0.0107. The van der Waals surface area contributed by atoms with E-state index in [1.165, 1.54) is 28.3 Å². The number of halogens is 1. The largest absolute Gasteiger partial charge is 0.443 e. The lowest BCUT2D eigenvalue weighted by Gasteiger charge is -2.27. The average Bonchev–Trinajstić information content (AvgIpc) is 3.10. The second-order valence-electron chi connectivity index (χ2n) is 5.29. The zero-order valence-corrected chi connectivity index (χ0v) is 12.9. The topological polar surface area (TPSA) is 62.7 Å². The Bertz CT molecular complexity index is 739. The summed E-state index contributed by atoms with van der Waals surface area (Å²) in [6.07, 6.45) is 1.24. The van der Waals surface area contributed by atoms with E-state index in [1.54, 1.807) is 0 Å². The Labute approximate surface area is 138 Å². The number of hydrazine groups is 1. The van der Waals surface area contributed by atoms with Crippen molar-refractivity contribution in [2.75, 3.05) is 13.1 Å². The molecule has 2 aromatic rings. The fourth-order valence-electron chi connectivity index (χ4n) is 2.49. The van der Waals surface area contributed by atoms with Crippen molar-refractivity contribution >= 4 is 12.0 Å². The molecule has 6 nitrogen and oxygen atoms in total. The first-order chi connectivity index (χ1) is 11.7. The third-order valence-electron chi connectivity index (χ3n) is 3.67. The third kappa shape index (κ3) is 3.34. The van der Waals surface area contributed by atoms with Gasteiger partial charge in [0.25, 0.3) is 5.91 Å². The van der Waals surface area contributed by atoms with E-state index in [2.05, 4.69) is 4.98 Å². The zero-order chi connectivity index (χ0) is 16.9. The van der Waals surface area contributed by atoms with Gasteiger partial charge in [0.2, 0.25) is 5.95 Å². The summed E-state index contributed by atoms with van der Waals surface area (Å²) in [5.74, 6) is -1.46. The van der Waals surface area contributed by atoms with Gasteiger partial charge in [0.15, 0.2) is 0 Å². The smallest absolute Gasteiger partial charge is 0.429 e. The molecule has 0 aliphatic carbocycles. The summed E-state index contributed by atoms with van der Waals surface area (Å²) < 4.78 is 18.9. The number of hydrogen-bond donors (Lipinski definition) is 0. The summed E-state index contributed by atoms with van der Waals surface area (Å²) in [5.41, 5.74) is 0.682. The van der Waals surface area contributed by atoms with Gasteiger partial charge >= 0.3 is 6.09 Å². The first-order valence-electron chi connectivity index (χ1n) is 7.57. The van der Waals surface area contributed by atoms with Crippen LogP contribution in [-0.2, 0) is 11.3 Å². The Morgan fingerprint density at radius 3 is 2.58 bits per heavy atom. The molecule has 124 valence electrons. The molecule has 1 aromatic carbocycles. The molecule has 0 saturated carbocycles. The maximum absolute atomic E-state index is 13.7. The van der Waals surface area contributed by atoms with E-state index in [0.29, 0.717) is 19.5 Å². The molecule has 1 aliphatic heterocycles. The molecule has 0 radical (unpaired) electrons. The van der Waals surface area contributed by atoms with Crippen molar-refractivity contribution in [3.8, 4) is 0 Å². The van der Waals surface area contributed by atoms with Crippen molar-refractivity contribution in [1.82, 2.24) is 15.0 Å². The van der Waals surface area contributed by atoms with E-state index >= 15 is 0 Å². The number of carbonyl (C=O) groups excluding carboxylic acids is 2. The van der Waals surface area contributed by atoms with Crippen molar-refractivity contribution in [3.63, 3.8) is 0 Å².